The van der Waals surface area contributed by atoms with Gasteiger partial charge in [-0.15, -0.1) is 0 Å². The minimum absolute atomic E-state index is 0.00566. The Bertz CT molecular complexity index is 572. The molecule has 0 radical (unpaired) electrons. The van der Waals surface area contributed by atoms with Crippen LogP contribution in [0.3, 0.4) is 0 Å². The highest BCUT2D eigenvalue weighted by atomic mass is 32.2. The number of rotatable bonds is 6. The van der Waals surface area contributed by atoms with Crippen molar-refractivity contribution in [3.05, 3.63) is 29.8 Å². The first-order valence-electron chi connectivity index (χ1n) is 7.40. The van der Waals surface area contributed by atoms with E-state index in [1.807, 2.05) is 33.0 Å². The zero-order chi connectivity index (χ0) is 15.5. The van der Waals surface area contributed by atoms with Gasteiger partial charge in [0.05, 0.1) is 4.90 Å². The van der Waals surface area contributed by atoms with Crippen LogP contribution in [0.15, 0.2) is 29.2 Å². The molecule has 1 aliphatic heterocycles. The van der Waals surface area contributed by atoms with Crippen molar-refractivity contribution in [2.24, 2.45) is 0 Å². The van der Waals surface area contributed by atoms with Crippen molar-refractivity contribution < 1.29 is 8.42 Å². The number of benzene rings is 1. The molecule has 21 heavy (non-hydrogen) atoms. The Morgan fingerprint density at radius 1 is 1.33 bits per heavy atom. The molecule has 2 rings (SSSR count). The Hall–Kier alpha value is -0.950. The topological polar surface area (TPSA) is 61.4 Å². The first kappa shape index (κ1) is 16.4. The molecule has 1 unspecified atom stereocenters. The Balaban J connectivity index is 2.15. The fraction of sp³-hybridized carbons (Fsp3) is 0.600. The van der Waals surface area contributed by atoms with Crippen molar-refractivity contribution in [1.82, 2.24) is 14.9 Å². The number of nitrogens with zero attached hydrogens (tertiary/aromatic N) is 1. The predicted octanol–water partition coefficient (Wildman–Crippen LogP) is 1.17. The fourth-order valence-electron chi connectivity index (χ4n) is 2.54. The van der Waals surface area contributed by atoms with Gasteiger partial charge in [-0.1, -0.05) is 32.0 Å². The van der Waals surface area contributed by atoms with Gasteiger partial charge in [0.15, 0.2) is 0 Å². The van der Waals surface area contributed by atoms with Crippen molar-refractivity contribution in [1.29, 1.82) is 0 Å². The van der Waals surface area contributed by atoms with E-state index in [0.717, 1.165) is 25.1 Å². The van der Waals surface area contributed by atoms with E-state index in [1.54, 1.807) is 12.1 Å². The molecule has 1 aromatic carbocycles. The molecule has 0 spiro atoms. The normalized spacial score (nSPS) is 20.3. The third-order valence-electron chi connectivity index (χ3n) is 3.68. The van der Waals surface area contributed by atoms with Gasteiger partial charge in [-0.2, -0.15) is 0 Å². The first-order valence-corrected chi connectivity index (χ1v) is 8.89. The van der Waals surface area contributed by atoms with Crippen LogP contribution in [-0.2, 0) is 16.6 Å². The molecule has 1 fully saturated rings. The van der Waals surface area contributed by atoms with E-state index in [-0.39, 0.29) is 6.04 Å². The molecule has 0 bridgehead atoms. The lowest BCUT2D eigenvalue weighted by atomic mass is 10.2. The van der Waals surface area contributed by atoms with Gasteiger partial charge in [0.1, 0.15) is 0 Å². The summed E-state index contributed by atoms with van der Waals surface area (Å²) < 4.78 is 28.0. The molecular formula is C15H25N3O2S. The summed E-state index contributed by atoms with van der Waals surface area (Å²) in [5, 5.41) is 3.27. The largest absolute Gasteiger partial charge is 0.310 e. The molecule has 1 heterocycles. The highest BCUT2D eigenvalue weighted by Crippen LogP contribution is 2.17. The van der Waals surface area contributed by atoms with Gasteiger partial charge in [-0.05, 0) is 31.6 Å². The summed E-state index contributed by atoms with van der Waals surface area (Å²) in [7, 11) is -1.45. The fourth-order valence-corrected chi connectivity index (χ4v) is 4.04. The second-order valence-electron chi connectivity index (χ2n) is 6.01. The number of likely N-dealkylation sites (tertiary alicyclic amines) is 1. The highest BCUT2D eigenvalue weighted by Gasteiger charge is 2.26. The number of hydrogen-bond acceptors (Lipinski definition) is 4. The predicted molar refractivity (Wildman–Crippen MR) is 84.6 cm³/mol. The lowest BCUT2D eigenvalue weighted by Gasteiger charge is -2.16. The lowest BCUT2D eigenvalue weighted by Crippen LogP contribution is -2.37. The van der Waals surface area contributed by atoms with Gasteiger partial charge in [-0.3, -0.25) is 0 Å². The summed E-state index contributed by atoms with van der Waals surface area (Å²) >= 11 is 0. The first-order chi connectivity index (χ1) is 9.88. The van der Waals surface area contributed by atoms with Crippen LogP contribution in [0, 0.1) is 0 Å². The number of nitrogens with one attached hydrogen (secondary N) is 2. The molecule has 118 valence electrons. The van der Waals surface area contributed by atoms with Crippen LogP contribution in [-0.4, -0.2) is 45.5 Å². The third kappa shape index (κ3) is 4.51. The maximum atomic E-state index is 12.6. The van der Waals surface area contributed by atoms with E-state index in [2.05, 4.69) is 14.9 Å². The Kier molecular flexibility index (Phi) is 5.37. The standard InChI is InChI=1S/C15H25N3O2S/c1-12(2)16-10-13-6-4-5-7-15(13)21(19,20)17-14-8-9-18(3)11-14/h4-7,12,14,16-17H,8-11H2,1-3H3. The maximum Gasteiger partial charge on any atom is 0.241 e. The monoisotopic (exact) mass is 311 g/mol. The van der Waals surface area contributed by atoms with Gasteiger partial charge >= 0.3 is 0 Å². The molecular weight excluding hydrogens is 286 g/mol. The van der Waals surface area contributed by atoms with Crippen molar-refractivity contribution in [3.8, 4) is 0 Å². The van der Waals surface area contributed by atoms with Crippen LogP contribution in [0.1, 0.15) is 25.8 Å². The summed E-state index contributed by atoms with van der Waals surface area (Å²) in [5.41, 5.74) is 0.810. The van der Waals surface area contributed by atoms with Crippen LogP contribution in [0.2, 0.25) is 0 Å². The minimum Gasteiger partial charge on any atom is -0.310 e. The smallest absolute Gasteiger partial charge is 0.241 e. The van der Waals surface area contributed by atoms with Crippen LogP contribution >= 0.6 is 0 Å². The lowest BCUT2D eigenvalue weighted by molar-refractivity contribution is 0.407. The SMILES string of the molecule is CC(C)NCc1ccccc1S(=O)(=O)NC1CCN(C)C1. The Morgan fingerprint density at radius 2 is 2.05 bits per heavy atom. The molecule has 6 heteroatoms. The molecule has 1 aromatic rings. The van der Waals surface area contributed by atoms with Crippen molar-refractivity contribution in [2.75, 3.05) is 20.1 Å². The Morgan fingerprint density at radius 3 is 2.67 bits per heavy atom. The molecule has 1 aliphatic rings. The summed E-state index contributed by atoms with van der Waals surface area (Å²) in [6, 6.07) is 7.51. The minimum atomic E-state index is -3.46. The van der Waals surface area contributed by atoms with E-state index in [1.165, 1.54) is 0 Å². The molecule has 0 aromatic heterocycles. The quantitative estimate of drug-likeness (QED) is 0.828. The van der Waals surface area contributed by atoms with Crippen molar-refractivity contribution >= 4 is 10.0 Å². The van der Waals surface area contributed by atoms with E-state index in [9.17, 15) is 8.42 Å². The molecule has 1 saturated heterocycles. The molecule has 5 nitrogen and oxygen atoms in total. The van der Waals surface area contributed by atoms with E-state index >= 15 is 0 Å². The van der Waals surface area contributed by atoms with Gasteiger partial charge in [-0.25, -0.2) is 13.1 Å². The van der Waals surface area contributed by atoms with Gasteiger partial charge in [0.25, 0.3) is 0 Å². The summed E-state index contributed by atoms with van der Waals surface area (Å²) in [5.74, 6) is 0. The summed E-state index contributed by atoms with van der Waals surface area (Å²) in [6.07, 6.45) is 0.863. The number of hydrogen-bond donors (Lipinski definition) is 2. The van der Waals surface area contributed by atoms with Gasteiger partial charge in [0.2, 0.25) is 10.0 Å². The highest BCUT2D eigenvalue weighted by molar-refractivity contribution is 7.89. The second kappa shape index (κ2) is 6.87. The van der Waals surface area contributed by atoms with Gasteiger partial charge < -0.3 is 10.2 Å². The zero-order valence-corrected chi connectivity index (χ0v) is 13.8. The average Bonchev–Trinajstić information content (AvgIpc) is 2.81. The molecule has 0 aliphatic carbocycles. The van der Waals surface area contributed by atoms with Gasteiger partial charge in [0, 0.05) is 25.2 Å². The van der Waals surface area contributed by atoms with Crippen LogP contribution in [0.25, 0.3) is 0 Å². The van der Waals surface area contributed by atoms with Crippen LogP contribution in [0.5, 0.6) is 0 Å². The molecule has 1 atom stereocenters. The molecule has 0 amide bonds. The summed E-state index contributed by atoms with van der Waals surface area (Å²) in [4.78, 5) is 2.52. The number of likely N-dealkylation sites (N-methyl/N-ethyl adjacent to an activating group) is 1. The zero-order valence-electron chi connectivity index (χ0n) is 13.0. The van der Waals surface area contributed by atoms with E-state index in [4.69, 9.17) is 0 Å². The van der Waals surface area contributed by atoms with Crippen LogP contribution in [0.4, 0.5) is 0 Å². The molecule has 0 saturated carbocycles. The van der Waals surface area contributed by atoms with E-state index in [0.29, 0.717) is 17.5 Å². The summed E-state index contributed by atoms with van der Waals surface area (Å²) in [6.45, 7) is 6.35. The second-order valence-corrected chi connectivity index (χ2v) is 7.69. The van der Waals surface area contributed by atoms with Crippen molar-refractivity contribution in [2.45, 2.75) is 43.8 Å². The Labute approximate surface area is 127 Å². The van der Waals surface area contributed by atoms with E-state index < -0.39 is 10.0 Å². The average molecular weight is 311 g/mol. The van der Waals surface area contributed by atoms with Crippen molar-refractivity contribution in [3.63, 3.8) is 0 Å². The third-order valence-corrected chi connectivity index (χ3v) is 5.30. The number of sulfonamides is 1. The molecule has 2 N–H and O–H groups in total. The maximum absolute atomic E-state index is 12.6. The van der Waals surface area contributed by atoms with Crippen LogP contribution < -0.4 is 10.0 Å².